The zero-order valence-corrected chi connectivity index (χ0v) is 9.69. The molecule has 0 atom stereocenters. The first kappa shape index (κ1) is 11.6. The summed E-state index contributed by atoms with van der Waals surface area (Å²) in [5, 5.41) is 5.58. The van der Waals surface area contributed by atoms with Crippen molar-refractivity contribution in [2.75, 3.05) is 25.0 Å². The van der Waals surface area contributed by atoms with Crippen LogP contribution in [0.2, 0.25) is 0 Å². The van der Waals surface area contributed by atoms with E-state index in [2.05, 4.69) is 10.6 Å². The van der Waals surface area contributed by atoms with Gasteiger partial charge in [-0.05, 0) is 24.7 Å². The Bertz CT molecular complexity index is 445. The van der Waals surface area contributed by atoms with Crippen molar-refractivity contribution >= 4 is 17.5 Å². The van der Waals surface area contributed by atoms with Gasteiger partial charge in [-0.2, -0.15) is 0 Å². The Morgan fingerprint density at radius 1 is 1.41 bits per heavy atom. The lowest BCUT2D eigenvalue weighted by Gasteiger charge is -2.27. The van der Waals surface area contributed by atoms with Crippen molar-refractivity contribution in [3.05, 3.63) is 29.8 Å². The fraction of sp³-hybridized carbons (Fsp3) is 0.333. The van der Waals surface area contributed by atoms with E-state index in [1.165, 1.54) is 4.90 Å². The van der Waals surface area contributed by atoms with Gasteiger partial charge in [0.1, 0.15) is 6.54 Å². The van der Waals surface area contributed by atoms with Gasteiger partial charge < -0.3 is 15.5 Å². The molecule has 1 aromatic carbocycles. The second kappa shape index (κ2) is 4.97. The maximum atomic E-state index is 11.7. The van der Waals surface area contributed by atoms with E-state index in [0.29, 0.717) is 0 Å². The number of nitrogens with zero attached hydrogens (tertiary/aromatic N) is 1. The molecule has 1 fully saturated rings. The minimum Gasteiger partial charge on any atom is -0.345 e. The number of amides is 2. The van der Waals surface area contributed by atoms with Crippen molar-refractivity contribution in [1.82, 2.24) is 10.6 Å². The van der Waals surface area contributed by atoms with Crippen LogP contribution in [0.25, 0.3) is 0 Å². The first-order valence-corrected chi connectivity index (χ1v) is 5.51. The highest BCUT2D eigenvalue weighted by molar-refractivity contribution is 6.04. The van der Waals surface area contributed by atoms with E-state index in [1.807, 2.05) is 31.3 Å². The Morgan fingerprint density at radius 2 is 2.24 bits per heavy atom. The van der Waals surface area contributed by atoms with E-state index in [0.717, 1.165) is 17.8 Å². The molecular formula is C12H15N3O2. The molecule has 2 amide bonds. The molecule has 5 nitrogen and oxygen atoms in total. The van der Waals surface area contributed by atoms with Gasteiger partial charge in [0, 0.05) is 12.2 Å². The Hall–Kier alpha value is -1.88. The summed E-state index contributed by atoms with van der Waals surface area (Å²) in [7, 11) is 1.87. The van der Waals surface area contributed by atoms with Crippen molar-refractivity contribution in [2.45, 2.75) is 6.54 Å². The van der Waals surface area contributed by atoms with Gasteiger partial charge in [-0.15, -0.1) is 0 Å². The van der Waals surface area contributed by atoms with E-state index in [9.17, 15) is 9.59 Å². The van der Waals surface area contributed by atoms with Gasteiger partial charge in [0.25, 0.3) is 0 Å². The van der Waals surface area contributed by atoms with Gasteiger partial charge in [-0.3, -0.25) is 9.59 Å². The Labute approximate surface area is 99.8 Å². The number of hydrogen-bond acceptors (Lipinski definition) is 3. The Balaban J connectivity index is 2.22. The number of hydrogen-bond donors (Lipinski definition) is 2. The molecule has 0 aliphatic carbocycles. The van der Waals surface area contributed by atoms with E-state index in [1.54, 1.807) is 0 Å². The molecule has 1 aliphatic rings. The van der Waals surface area contributed by atoms with Gasteiger partial charge in [-0.1, -0.05) is 12.1 Å². The van der Waals surface area contributed by atoms with E-state index in [4.69, 9.17) is 0 Å². The number of carbonyl (C=O) groups excluding carboxylic acids is 2. The summed E-state index contributed by atoms with van der Waals surface area (Å²) in [6.07, 6.45) is 0. The van der Waals surface area contributed by atoms with Gasteiger partial charge in [0.2, 0.25) is 11.8 Å². The molecule has 17 heavy (non-hydrogen) atoms. The minimum atomic E-state index is -0.122. The van der Waals surface area contributed by atoms with Gasteiger partial charge >= 0.3 is 0 Å². The number of carbonyl (C=O) groups is 2. The van der Waals surface area contributed by atoms with Crippen LogP contribution in [0.1, 0.15) is 5.56 Å². The van der Waals surface area contributed by atoms with Crippen LogP contribution in [-0.4, -0.2) is 32.0 Å². The lowest BCUT2D eigenvalue weighted by molar-refractivity contribution is -0.128. The number of rotatable bonds is 3. The summed E-state index contributed by atoms with van der Waals surface area (Å²) in [6.45, 7) is 0.916. The first-order chi connectivity index (χ1) is 8.20. The van der Waals surface area contributed by atoms with Crippen molar-refractivity contribution in [1.29, 1.82) is 0 Å². The highest BCUT2D eigenvalue weighted by Crippen LogP contribution is 2.17. The SMILES string of the molecule is CNCc1cccc(N2CC(=O)NCC2=O)c1. The van der Waals surface area contributed by atoms with Crippen LogP contribution in [-0.2, 0) is 16.1 Å². The van der Waals surface area contributed by atoms with E-state index in [-0.39, 0.29) is 24.9 Å². The summed E-state index contributed by atoms with van der Waals surface area (Å²) in [5.41, 5.74) is 1.86. The third kappa shape index (κ3) is 2.62. The van der Waals surface area contributed by atoms with E-state index < -0.39 is 0 Å². The lowest BCUT2D eigenvalue weighted by Crippen LogP contribution is -2.51. The smallest absolute Gasteiger partial charge is 0.246 e. The Morgan fingerprint density at radius 3 is 3.00 bits per heavy atom. The molecule has 0 spiro atoms. The van der Waals surface area contributed by atoms with E-state index >= 15 is 0 Å². The van der Waals surface area contributed by atoms with Crippen LogP contribution in [0.4, 0.5) is 5.69 Å². The predicted molar refractivity (Wildman–Crippen MR) is 64.6 cm³/mol. The fourth-order valence-electron chi connectivity index (χ4n) is 1.83. The molecule has 5 heteroatoms. The zero-order chi connectivity index (χ0) is 12.3. The zero-order valence-electron chi connectivity index (χ0n) is 9.69. The van der Waals surface area contributed by atoms with Gasteiger partial charge in [0.05, 0.1) is 6.54 Å². The van der Waals surface area contributed by atoms with Crippen LogP contribution in [0.5, 0.6) is 0 Å². The summed E-state index contributed by atoms with van der Waals surface area (Å²) < 4.78 is 0. The van der Waals surface area contributed by atoms with Crippen LogP contribution >= 0.6 is 0 Å². The topological polar surface area (TPSA) is 61.4 Å². The predicted octanol–water partition coefficient (Wildman–Crippen LogP) is -0.131. The average molecular weight is 233 g/mol. The Kier molecular flexibility index (Phi) is 3.39. The summed E-state index contributed by atoms with van der Waals surface area (Å²) >= 11 is 0. The largest absolute Gasteiger partial charge is 0.345 e. The minimum absolute atomic E-state index is 0.0776. The number of anilines is 1. The van der Waals surface area contributed by atoms with Crippen LogP contribution in [0.15, 0.2) is 24.3 Å². The molecule has 2 rings (SSSR count). The highest BCUT2D eigenvalue weighted by Gasteiger charge is 2.24. The molecule has 90 valence electrons. The summed E-state index contributed by atoms with van der Waals surface area (Å²) in [4.78, 5) is 24.5. The fourth-order valence-corrected chi connectivity index (χ4v) is 1.83. The molecule has 1 saturated heterocycles. The van der Waals surface area contributed by atoms with Crippen molar-refractivity contribution in [2.24, 2.45) is 0 Å². The molecule has 1 heterocycles. The third-order valence-corrected chi connectivity index (χ3v) is 2.64. The van der Waals surface area contributed by atoms with Crippen LogP contribution < -0.4 is 15.5 Å². The van der Waals surface area contributed by atoms with Crippen molar-refractivity contribution in [3.63, 3.8) is 0 Å². The summed E-state index contributed by atoms with van der Waals surface area (Å²) in [5.74, 6) is -0.199. The van der Waals surface area contributed by atoms with Crippen molar-refractivity contribution < 1.29 is 9.59 Å². The molecule has 0 unspecified atom stereocenters. The lowest BCUT2D eigenvalue weighted by atomic mass is 10.1. The number of benzene rings is 1. The highest BCUT2D eigenvalue weighted by atomic mass is 16.2. The third-order valence-electron chi connectivity index (χ3n) is 2.64. The standard InChI is InChI=1S/C12H15N3O2/c1-13-6-9-3-2-4-10(5-9)15-8-11(16)14-7-12(15)17/h2-5,13H,6-8H2,1H3,(H,14,16). The van der Waals surface area contributed by atoms with Crippen LogP contribution in [0.3, 0.4) is 0 Å². The monoisotopic (exact) mass is 233 g/mol. The van der Waals surface area contributed by atoms with Crippen LogP contribution in [0, 0.1) is 0 Å². The second-order valence-corrected chi connectivity index (χ2v) is 3.96. The maximum absolute atomic E-state index is 11.7. The first-order valence-electron chi connectivity index (χ1n) is 5.51. The summed E-state index contributed by atoms with van der Waals surface area (Å²) in [6, 6.07) is 7.64. The molecular weight excluding hydrogens is 218 g/mol. The molecule has 2 N–H and O–H groups in total. The molecule has 1 aromatic rings. The molecule has 0 saturated carbocycles. The quantitative estimate of drug-likeness (QED) is 0.764. The van der Waals surface area contributed by atoms with Gasteiger partial charge in [-0.25, -0.2) is 0 Å². The maximum Gasteiger partial charge on any atom is 0.246 e. The average Bonchev–Trinajstić information content (AvgIpc) is 2.33. The normalized spacial score (nSPS) is 15.9. The molecule has 0 aromatic heterocycles. The number of piperazine rings is 1. The number of nitrogens with one attached hydrogen (secondary N) is 2. The molecule has 0 radical (unpaired) electrons. The molecule has 0 bridgehead atoms. The van der Waals surface area contributed by atoms with Crippen molar-refractivity contribution in [3.8, 4) is 0 Å². The molecule has 1 aliphatic heterocycles. The second-order valence-electron chi connectivity index (χ2n) is 3.96. The van der Waals surface area contributed by atoms with Gasteiger partial charge in [0.15, 0.2) is 0 Å².